The van der Waals surface area contributed by atoms with Gasteiger partial charge in [0.25, 0.3) is 0 Å². The zero-order chi connectivity index (χ0) is 13.1. The lowest BCUT2D eigenvalue weighted by Crippen LogP contribution is -2.44. The van der Waals surface area contributed by atoms with Crippen LogP contribution >= 0.6 is 0 Å². The minimum absolute atomic E-state index is 0.0300. The number of carbonyl (C=O) groups is 2. The number of nitrogens with zero attached hydrogens (tertiary/aromatic N) is 2. The Kier molecular flexibility index (Phi) is 4.34. The molecule has 17 heavy (non-hydrogen) atoms. The Bertz CT molecular complexity index is 308. The summed E-state index contributed by atoms with van der Waals surface area (Å²) >= 11 is 0. The molecule has 0 unspecified atom stereocenters. The fraction of sp³-hybridized carbons (Fsp3) is 0.818. The van der Waals surface area contributed by atoms with Gasteiger partial charge in [-0.2, -0.15) is 0 Å². The number of nitrogens with two attached hydrogens (primary N) is 1. The molecular weight excluding hydrogens is 220 g/mol. The topological polar surface area (TPSA) is 78.7 Å². The zero-order valence-electron chi connectivity index (χ0n) is 10.8. The molecule has 0 aliphatic carbocycles. The number of primary amides is 1. The van der Waals surface area contributed by atoms with E-state index in [1.165, 1.54) is 0 Å². The molecule has 0 aromatic rings. The van der Waals surface area contributed by atoms with Crippen LogP contribution < -0.4 is 11.1 Å². The second kappa shape index (κ2) is 5.35. The van der Waals surface area contributed by atoms with Crippen molar-refractivity contribution in [1.29, 1.82) is 0 Å². The predicted molar refractivity (Wildman–Crippen MR) is 65.4 cm³/mol. The van der Waals surface area contributed by atoms with E-state index < -0.39 is 6.03 Å². The SMILES string of the molecule is CN1CC[C@@](C)(CN(C)C(=O)CNC(N)=O)C1. The van der Waals surface area contributed by atoms with Gasteiger partial charge in [0.15, 0.2) is 0 Å². The van der Waals surface area contributed by atoms with Gasteiger partial charge in [-0.05, 0) is 25.4 Å². The highest BCUT2D eigenvalue weighted by Crippen LogP contribution is 2.29. The molecule has 1 saturated heterocycles. The maximum absolute atomic E-state index is 11.7. The molecule has 6 nitrogen and oxygen atoms in total. The van der Waals surface area contributed by atoms with Crippen molar-refractivity contribution in [3.05, 3.63) is 0 Å². The second-order valence-corrected chi connectivity index (χ2v) is 5.27. The van der Waals surface area contributed by atoms with E-state index in [1.807, 2.05) is 0 Å². The molecule has 0 saturated carbocycles. The van der Waals surface area contributed by atoms with Crippen LogP contribution in [0.1, 0.15) is 13.3 Å². The molecule has 0 spiro atoms. The van der Waals surface area contributed by atoms with Gasteiger partial charge in [-0.1, -0.05) is 6.92 Å². The van der Waals surface area contributed by atoms with E-state index in [4.69, 9.17) is 5.73 Å². The highest BCUT2D eigenvalue weighted by Gasteiger charge is 2.33. The Morgan fingerprint density at radius 3 is 2.65 bits per heavy atom. The van der Waals surface area contributed by atoms with Crippen LogP contribution in [0, 0.1) is 5.41 Å². The Morgan fingerprint density at radius 2 is 2.18 bits per heavy atom. The first kappa shape index (κ1) is 13.8. The van der Waals surface area contributed by atoms with E-state index in [2.05, 4.69) is 24.2 Å². The average Bonchev–Trinajstić information content (AvgIpc) is 2.54. The van der Waals surface area contributed by atoms with Crippen LogP contribution in [0.5, 0.6) is 0 Å². The molecular formula is C11H22N4O2. The minimum Gasteiger partial charge on any atom is -0.352 e. The summed E-state index contributed by atoms with van der Waals surface area (Å²) < 4.78 is 0. The van der Waals surface area contributed by atoms with Crippen LogP contribution in [0.25, 0.3) is 0 Å². The minimum atomic E-state index is -0.668. The summed E-state index contributed by atoms with van der Waals surface area (Å²) in [4.78, 5) is 26.1. The van der Waals surface area contributed by atoms with Gasteiger partial charge in [0.2, 0.25) is 5.91 Å². The van der Waals surface area contributed by atoms with Crippen molar-refractivity contribution in [2.75, 3.05) is 40.3 Å². The van der Waals surface area contributed by atoms with Crippen molar-refractivity contribution in [3.8, 4) is 0 Å². The normalized spacial score (nSPS) is 24.6. The quantitative estimate of drug-likeness (QED) is 0.694. The number of amides is 3. The number of carbonyl (C=O) groups excluding carboxylic acids is 2. The fourth-order valence-corrected chi connectivity index (χ4v) is 2.36. The fourth-order valence-electron chi connectivity index (χ4n) is 2.36. The number of hydrogen-bond acceptors (Lipinski definition) is 3. The molecule has 0 aromatic carbocycles. The number of urea groups is 1. The van der Waals surface area contributed by atoms with Gasteiger partial charge in [0.05, 0.1) is 6.54 Å². The molecule has 0 bridgehead atoms. The van der Waals surface area contributed by atoms with E-state index in [9.17, 15) is 9.59 Å². The third kappa shape index (κ3) is 4.22. The molecule has 98 valence electrons. The number of likely N-dealkylation sites (N-methyl/N-ethyl adjacent to an activating group) is 1. The summed E-state index contributed by atoms with van der Waals surface area (Å²) in [6.45, 7) is 4.92. The first-order valence-electron chi connectivity index (χ1n) is 5.78. The molecule has 0 aromatic heterocycles. The molecule has 1 aliphatic heterocycles. The van der Waals surface area contributed by atoms with E-state index in [0.29, 0.717) is 6.54 Å². The van der Waals surface area contributed by atoms with Gasteiger partial charge in [0, 0.05) is 20.1 Å². The summed E-state index contributed by atoms with van der Waals surface area (Å²) in [7, 11) is 3.84. The van der Waals surface area contributed by atoms with Gasteiger partial charge in [0.1, 0.15) is 0 Å². The molecule has 1 rings (SSSR count). The van der Waals surface area contributed by atoms with Crippen molar-refractivity contribution >= 4 is 11.9 Å². The number of likely N-dealkylation sites (tertiary alicyclic amines) is 1. The maximum Gasteiger partial charge on any atom is 0.312 e. The van der Waals surface area contributed by atoms with Gasteiger partial charge in [-0.15, -0.1) is 0 Å². The Morgan fingerprint density at radius 1 is 1.53 bits per heavy atom. The number of rotatable bonds is 4. The van der Waals surface area contributed by atoms with Gasteiger partial charge in [-0.3, -0.25) is 4.79 Å². The van der Waals surface area contributed by atoms with E-state index in [0.717, 1.165) is 19.5 Å². The van der Waals surface area contributed by atoms with Crippen LogP contribution in [-0.2, 0) is 4.79 Å². The third-order valence-electron chi connectivity index (χ3n) is 3.21. The summed E-state index contributed by atoms with van der Waals surface area (Å²) in [5.74, 6) is -0.112. The average molecular weight is 242 g/mol. The van der Waals surface area contributed by atoms with E-state index >= 15 is 0 Å². The molecule has 0 radical (unpaired) electrons. The lowest BCUT2D eigenvalue weighted by atomic mass is 9.89. The van der Waals surface area contributed by atoms with Crippen molar-refractivity contribution in [2.24, 2.45) is 11.1 Å². The van der Waals surface area contributed by atoms with E-state index in [-0.39, 0.29) is 17.9 Å². The van der Waals surface area contributed by atoms with Crippen LogP contribution in [0.15, 0.2) is 0 Å². The van der Waals surface area contributed by atoms with Crippen molar-refractivity contribution in [2.45, 2.75) is 13.3 Å². The lowest BCUT2D eigenvalue weighted by Gasteiger charge is -2.29. The predicted octanol–water partition coefficient (Wildman–Crippen LogP) is -0.545. The van der Waals surface area contributed by atoms with Gasteiger partial charge < -0.3 is 20.9 Å². The van der Waals surface area contributed by atoms with Crippen LogP contribution in [0.3, 0.4) is 0 Å². The van der Waals surface area contributed by atoms with Crippen molar-refractivity contribution < 1.29 is 9.59 Å². The van der Waals surface area contributed by atoms with Crippen molar-refractivity contribution in [3.63, 3.8) is 0 Å². The Labute approximate surface area is 102 Å². The largest absolute Gasteiger partial charge is 0.352 e. The monoisotopic (exact) mass is 242 g/mol. The van der Waals surface area contributed by atoms with Crippen LogP contribution in [0.2, 0.25) is 0 Å². The first-order valence-corrected chi connectivity index (χ1v) is 5.78. The molecule has 1 aliphatic rings. The third-order valence-corrected chi connectivity index (χ3v) is 3.21. The second-order valence-electron chi connectivity index (χ2n) is 5.27. The molecule has 1 fully saturated rings. The zero-order valence-corrected chi connectivity index (χ0v) is 10.8. The van der Waals surface area contributed by atoms with Gasteiger partial charge in [-0.25, -0.2) is 4.79 Å². The van der Waals surface area contributed by atoms with Gasteiger partial charge >= 0.3 is 6.03 Å². The summed E-state index contributed by atoms with van der Waals surface area (Å²) in [5, 5.41) is 2.31. The Balaban J connectivity index is 2.40. The molecule has 6 heteroatoms. The number of nitrogens with one attached hydrogen (secondary N) is 1. The summed E-state index contributed by atoms with van der Waals surface area (Å²) in [6, 6.07) is -0.668. The van der Waals surface area contributed by atoms with Crippen LogP contribution in [-0.4, -0.2) is 62.0 Å². The Hall–Kier alpha value is -1.30. The maximum atomic E-state index is 11.7. The van der Waals surface area contributed by atoms with Crippen LogP contribution in [0.4, 0.5) is 4.79 Å². The van der Waals surface area contributed by atoms with E-state index in [1.54, 1.807) is 11.9 Å². The molecule has 3 N–H and O–H groups in total. The van der Waals surface area contributed by atoms with Crippen molar-refractivity contribution in [1.82, 2.24) is 15.1 Å². The smallest absolute Gasteiger partial charge is 0.312 e. The highest BCUT2D eigenvalue weighted by atomic mass is 16.2. The summed E-state index contributed by atoms with van der Waals surface area (Å²) in [6.07, 6.45) is 1.09. The molecule has 3 amide bonds. The highest BCUT2D eigenvalue weighted by molar-refractivity contribution is 5.83. The summed E-state index contributed by atoms with van der Waals surface area (Å²) in [5.41, 5.74) is 5.07. The number of hydrogen-bond donors (Lipinski definition) is 2. The molecule has 1 atom stereocenters. The molecule has 1 heterocycles. The first-order chi connectivity index (χ1) is 7.82. The standard InChI is InChI=1S/C11H22N4O2/c1-11(4-5-14(2)7-11)8-15(3)9(16)6-13-10(12)17/h4-8H2,1-3H3,(H3,12,13,17)/t11-/m1/s1. The lowest BCUT2D eigenvalue weighted by molar-refractivity contribution is -0.130.